The highest BCUT2D eigenvalue weighted by Gasteiger charge is 2.44. The van der Waals surface area contributed by atoms with Gasteiger partial charge in [-0.15, -0.1) is 0 Å². The first-order valence-corrected chi connectivity index (χ1v) is 7.22. The predicted octanol–water partition coefficient (Wildman–Crippen LogP) is 3.74. The summed E-state index contributed by atoms with van der Waals surface area (Å²) in [4.78, 5) is 14.9. The molecule has 0 spiro atoms. The number of furan rings is 1. The fourth-order valence-corrected chi connectivity index (χ4v) is 3.17. The smallest absolute Gasteiger partial charge is 0.219 e. The Bertz CT molecular complexity index is 431. The number of carbonyl (C=O) groups excluding carboxylic acids is 1. The van der Waals surface area contributed by atoms with E-state index in [1.165, 1.54) is 0 Å². The van der Waals surface area contributed by atoms with Crippen LogP contribution in [0.3, 0.4) is 0 Å². The summed E-state index contributed by atoms with van der Waals surface area (Å²) < 4.78 is 6.12. The minimum absolute atomic E-state index is 0.108. The van der Waals surface area contributed by atoms with Crippen LogP contribution in [-0.4, -0.2) is 30.3 Å². The van der Waals surface area contributed by atoms with Crippen LogP contribution in [0.5, 0.6) is 0 Å². The summed E-state index contributed by atoms with van der Waals surface area (Å²) in [7, 11) is 3.98. The Labute approximate surface area is 117 Å². The first-order chi connectivity index (χ1) is 8.47. The predicted molar refractivity (Wildman–Crippen MR) is 74.8 cm³/mol. The molecule has 0 saturated heterocycles. The number of likely N-dealkylation sites (N-methyl/N-ethyl adjacent to an activating group) is 1. The second kappa shape index (κ2) is 5.17. The van der Waals surface area contributed by atoms with Gasteiger partial charge >= 0.3 is 0 Å². The van der Waals surface area contributed by atoms with Gasteiger partial charge in [0.15, 0.2) is 5.76 Å². The molecule has 1 aromatic rings. The maximum absolute atomic E-state index is 12.8. The van der Waals surface area contributed by atoms with Crippen LogP contribution in [0.4, 0.5) is 0 Å². The summed E-state index contributed by atoms with van der Waals surface area (Å²) >= 11 is 3.39. The lowest BCUT2D eigenvalue weighted by molar-refractivity contribution is 0.0483. The van der Waals surface area contributed by atoms with E-state index in [4.69, 9.17) is 4.42 Å². The Kier molecular flexibility index (Phi) is 3.97. The average molecular weight is 314 g/mol. The molecule has 1 aliphatic rings. The Morgan fingerprint density at radius 2 is 2.06 bits per heavy atom. The average Bonchev–Trinajstić information content (AvgIpc) is 2.75. The van der Waals surface area contributed by atoms with Gasteiger partial charge in [-0.2, -0.15) is 0 Å². The molecule has 3 nitrogen and oxygen atoms in total. The van der Waals surface area contributed by atoms with E-state index in [-0.39, 0.29) is 5.78 Å². The minimum Gasteiger partial charge on any atom is -0.460 e. The Morgan fingerprint density at radius 1 is 1.44 bits per heavy atom. The molecule has 0 radical (unpaired) electrons. The number of halogens is 1. The van der Waals surface area contributed by atoms with Crippen LogP contribution in [0.25, 0.3) is 0 Å². The summed E-state index contributed by atoms with van der Waals surface area (Å²) in [6.07, 6.45) is 5.58. The van der Waals surface area contributed by atoms with E-state index in [1.807, 2.05) is 14.1 Å². The topological polar surface area (TPSA) is 33.5 Å². The second-order valence-corrected chi connectivity index (χ2v) is 6.39. The SMILES string of the molecule is CC1CCC(C(=O)c2occc2Br)(N(C)C)CC1. The van der Waals surface area contributed by atoms with Crippen molar-refractivity contribution in [2.75, 3.05) is 14.1 Å². The highest BCUT2D eigenvalue weighted by molar-refractivity contribution is 9.10. The minimum atomic E-state index is -0.396. The molecule has 0 unspecified atom stereocenters. The quantitative estimate of drug-likeness (QED) is 0.797. The molecule has 4 heteroatoms. The summed E-state index contributed by atoms with van der Waals surface area (Å²) in [6, 6.07) is 1.78. The number of Topliss-reactive ketones (excluding diaryl/α,β-unsaturated/α-hetero) is 1. The molecule has 2 rings (SSSR count). The molecular weight excluding hydrogens is 294 g/mol. The lowest BCUT2D eigenvalue weighted by Crippen LogP contribution is -2.53. The number of nitrogens with zero attached hydrogens (tertiary/aromatic N) is 1. The van der Waals surface area contributed by atoms with Gasteiger partial charge in [0.05, 0.1) is 16.3 Å². The molecule has 0 aromatic carbocycles. The fraction of sp³-hybridized carbons (Fsp3) is 0.643. The molecule has 1 aliphatic carbocycles. The first-order valence-electron chi connectivity index (χ1n) is 6.42. The third-order valence-corrected chi connectivity index (χ3v) is 4.83. The molecule has 0 bridgehead atoms. The van der Waals surface area contributed by atoms with Crippen molar-refractivity contribution in [3.63, 3.8) is 0 Å². The molecule has 1 fully saturated rings. The van der Waals surface area contributed by atoms with Gasteiger partial charge in [0.25, 0.3) is 0 Å². The van der Waals surface area contributed by atoms with Crippen molar-refractivity contribution in [3.05, 3.63) is 22.6 Å². The standard InChI is InChI=1S/C14H20BrNO2/c1-10-4-7-14(8-5-10,16(2)3)13(17)12-11(15)6-9-18-12/h6,9-10H,4-5,7-8H2,1-3H3. The van der Waals surface area contributed by atoms with Crippen LogP contribution < -0.4 is 0 Å². The van der Waals surface area contributed by atoms with Crippen LogP contribution in [0.1, 0.15) is 43.2 Å². The third-order valence-electron chi connectivity index (χ3n) is 4.20. The van der Waals surface area contributed by atoms with Crippen molar-refractivity contribution in [1.29, 1.82) is 0 Å². The van der Waals surface area contributed by atoms with Crippen molar-refractivity contribution in [2.45, 2.75) is 38.1 Å². The van der Waals surface area contributed by atoms with E-state index in [2.05, 4.69) is 27.8 Å². The maximum atomic E-state index is 12.8. The van der Waals surface area contributed by atoms with Gasteiger partial charge < -0.3 is 4.42 Å². The number of ketones is 1. The van der Waals surface area contributed by atoms with Crippen molar-refractivity contribution in [1.82, 2.24) is 4.90 Å². The molecular formula is C14H20BrNO2. The van der Waals surface area contributed by atoms with Crippen molar-refractivity contribution in [3.8, 4) is 0 Å². The van der Waals surface area contributed by atoms with Gasteiger partial charge in [0.2, 0.25) is 5.78 Å². The second-order valence-electron chi connectivity index (χ2n) is 5.54. The molecule has 1 heterocycles. The van der Waals surface area contributed by atoms with Crippen molar-refractivity contribution in [2.24, 2.45) is 5.92 Å². The van der Waals surface area contributed by atoms with Crippen molar-refractivity contribution >= 4 is 21.7 Å². The lowest BCUT2D eigenvalue weighted by atomic mass is 9.73. The molecule has 0 aliphatic heterocycles. The fourth-order valence-electron chi connectivity index (χ4n) is 2.78. The number of hydrogen-bond donors (Lipinski definition) is 0. The van der Waals surface area contributed by atoms with Gasteiger partial charge in [-0.1, -0.05) is 6.92 Å². The van der Waals surface area contributed by atoms with E-state index in [9.17, 15) is 4.79 Å². The third kappa shape index (κ3) is 2.28. The summed E-state index contributed by atoms with van der Waals surface area (Å²) in [5.74, 6) is 1.28. The van der Waals surface area contributed by atoms with E-state index in [0.29, 0.717) is 11.7 Å². The maximum Gasteiger partial charge on any atom is 0.219 e. The summed E-state index contributed by atoms with van der Waals surface area (Å²) in [5.41, 5.74) is -0.396. The van der Waals surface area contributed by atoms with Gasteiger partial charge in [0.1, 0.15) is 0 Å². The summed E-state index contributed by atoms with van der Waals surface area (Å²) in [6.45, 7) is 2.26. The van der Waals surface area contributed by atoms with Crippen LogP contribution in [0, 0.1) is 5.92 Å². The molecule has 18 heavy (non-hydrogen) atoms. The van der Waals surface area contributed by atoms with Gasteiger partial charge in [-0.3, -0.25) is 9.69 Å². The van der Waals surface area contributed by atoms with E-state index >= 15 is 0 Å². The monoisotopic (exact) mass is 313 g/mol. The molecule has 1 aromatic heterocycles. The Morgan fingerprint density at radius 3 is 2.50 bits per heavy atom. The zero-order valence-corrected chi connectivity index (χ0v) is 12.8. The molecule has 0 atom stereocenters. The zero-order chi connectivity index (χ0) is 13.3. The first kappa shape index (κ1) is 13.8. The van der Waals surface area contributed by atoms with E-state index in [0.717, 1.165) is 30.2 Å². The number of hydrogen-bond acceptors (Lipinski definition) is 3. The van der Waals surface area contributed by atoms with Crippen molar-refractivity contribution < 1.29 is 9.21 Å². The molecule has 0 N–H and O–H groups in total. The van der Waals surface area contributed by atoms with Crippen LogP contribution in [-0.2, 0) is 0 Å². The normalized spacial score (nSPS) is 28.6. The van der Waals surface area contributed by atoms with Gasteiger partial charge in [0, 0.05) is 0 Å². The van der Waals surface area contributed by atoms with Crippen LogP contribution in [0.2, 0.25) is 0 Å². The van der Waals surface area contributed by atoms with Crippen LogP contribution >= 0.6 is 15.9 Å². The summed E-state index contributed by atoms with van der Waals surface area (Å²) in [5, 5.41) is 0. The Hall–Kier alpha value is -0.610. The highest BCUT2D eigenvalue weighted by Crippen LogP contribution is 2.38. The molecule has 0 amide bonds. The lowest BCUT2D eigenvalue weighted by Gasteiger charge is -2.42. The molecule has 1 saturated carbocycles. The van der Waals surface area contributed by atoms with Gasteiger partial charge in [-0.05, 0) is 67.7 Å². The number of carbonyl (C=O) groups is 1. The Balaban J connectivity index is 2.31. The van der Waals surface area contributed by atoms with Crippen LogP contribution in [0.15, 0.2) is 21.2 Å². The van der Waals surface area contributed by atoms with E-state index in [1.54, 1.807) is 12.3 Å². The van der Waals surface area contributed by atoms with E-state index < -0.39 is 5.54 Å². The van der Waals surface area contributed by atoms with Gasteiger partial charge in [-0.25, -0.2) is 0 Å². The largest absolute Gasteiger partial charge is 0.460 e. The number of rotatable bonds is 3. The highest BCUT2D eigenvalue weighted by atomic mass is 79.9. The zero-order valence-electron chi connectivity index (χ0n) is 11.2. The molecule has 100 valence electrons.